The Morgan fingerprint density at radius 1 is 1.09 bits per heavy atom. The van der Waals surface area contributed by atoms with Crippen molar-refractivity contribution in [1.82, 2.24) is 14.9 Å². The van der Waals surface area contributed by atoms with E-state index in [1.807, 2.05) is 24.4 Å². The summed E-state index contributed by atoms with van der Waals surface area (Å²) in [5, 5.41) is 0. The Morgan fingerprint density at radius 2 is 1.91 bits per heavy atom. The molecule has 2 aliphatic rings. The summed E-state index contributed by atoms with van der Waals surface area (Å²) in [7, 11) is 0. The van der Waals surface area contributed by atoms with E-state index in [1.165, 1.54) is 18.4 Å². The van der Waals surface area contributed by atoms with Crippen LogP contribution in [0.5, 0.6) is 0 Å². The second kappa shape index (κ2) is 6.24. The zero-order valence-electron chi connectivity index (χ0n) is 13.1. The number of halogens is 1. The molecular formula is C18H21FN4. The maximum Gasteiger partial charge on any atom is 0.132 e. The fourth-order valence-electron chi connectivity index (χ4n) is 3.49. The highest BCUT2D eigenvalue weighted by Crippen LogP contribution is 2.34. The summed E-state index contributed by atoms with van der Waals surface area (Å²) in [6.07, 6.45) is 7.14. The van der Waals surface area contributed by atoms with Crippen LogP contribution in [0.1, 0.15) is 24.8 Å². The van der Waals surface area contributed by atoms with Gasteiger partial charge in [0.1, 0.15) is 18.0 Å². The van der Waals surface area contributed by atoms with Crippen molar-refractivity contribution in [2.75, 3.05) is 18.0 Å². The fraction of sp³-hybridized carbons (Fsp3) is 0.444. The van der Waals surface area contributed by atoms with Gasteiger partial charge in [0, 0.05) is 37.9 Å². The second-order valence-corrected chi connectivity index (χ2v) is 6.51. The molecule has 4 nitrogen and oxygen atoms in total. The molecule has 1 aromatic heterocycles. The molecule has 1 aliphatic heterocycles. The van der Waals surface area contributed by atoms with E-state index in [0.29, 0.717) is 12.1 Å². The molecule has 1 aliphatic carbocycles. The molecule has 120 valence electrons. The SMILES string of the molecule is Fc1ccc(CN2CCC(N(c3ccncn3)C3CC3)C2)cc1. The van der Waals surface area contributed by atoms with Crippen molar-refractivity contribution in [3.63, 3.8) is 0 Å². The van der Waals surface area contributed by atoms with Gasteiger partial charge in [-0.3, -0.25) is 4.90 Å². The summed E-state index contributed by atoms with van der Waals surface area (Å²) < 4.78 is 13.0. The van der Waals surface area contributed by atoms with Crippen LogP contribution in [0.3, 0.4) is 0 Å². The lowest BCUT2D eigenvalue weighted by Crippen LogP contribution is -2.39. The molecule has 2 heterocycles. The third kappa shape index (κ3) is 3.34. The standard InChI is InChI=1S/C18H21FN4/c19-15-3-1-14(2-4-15)11-22-10-8-17(12-22)23(16-5-6-16)18-7-9-20-13-21-18/h1-4,7,9,13,16-17H,5-6,8,10-12H2. The van der Waals surface area contributed by atoms with Crippen molar-refractivity contribution in [2.24, 2.45) is 0 Å². The highest BCUT2D eigenvalue weighted by Gasteiger charge is 2.37. The number of aromatic nitrogens is 2. The topological polar surface area (TPSA) is 32.3 Å². The van der Waals surface area contributed by atoms with E-state index in [9.17, 15) is 4.39 Å². The molecule has 2 fully saturated rings. The summed E-state index contributed by atoms with van der Waals surface area (Å²) in [6, 6.07) is 10.0. The highest BCUT2D eigenvalue weighted by atomic mass is 19.1. The van der Waals surface area contributed by atoms with Gasteiger partial charge in [-0.1, -0.05) is 12.1 Å². The monoisotopic (exact) mass is 312 g/mol. The highest BCUT2D eigenvalue weighted by molar-refractivity contribution is 5.42. The first kappa shape index (κ1) is 14.6. The zero-order chi connectivity index (χ0) is 15.6. The third-order valence-corrected chi connectivity index (χ3v) is 4.73. The molecule has 1 atom stereocenters. The van der Waals surface area contributed by atoms with Crippen LogP contribution in [0, 0.1) is 5.82 Å². The van der Waals surface area contributed by atoms with E-state index >= 15 is 0 Å². The van der Waals surface area contributed by atoms with Gasteiger partial charge in [-0.25, -0.2) is 14.4 Å². The minimum Gasteiger partial charge on any atom is -0.349 e. The van der Waals surface area contributed by atoms with Crippen LogP contribution >= 0.6 is 0 Å². The smallest absolute Gasteiger partial charge is 0.132 e. The molecule has 0 N–H and O–H groups in total. The third-order valence-electron chi connectivity index (χ3n) is 4.73. The lowest BCUT2D eigenvalue weighted by Gasteiger charge is -2.30. The number of nitrogens with zero attached hydrogens (tertiary/aromatic N) is 4. The number of hydrogen-bond donors (Lipinski definition) is 0. The van der Waals surface area contributed by atoms with Crippen molar-refractivity contribution in [3.05, 3.63) is 54.2 Å². The molecular weight excluding hydrogens is 291 g/mol. The Kier molecular flexibility index (Phi) is 3.95. The van der Waals surface area contributed by atoms with E-state index < -0.39 is 0 Å². The van der Waals surface area contributed by atoms with E-state index in [1.54, 1.807) is 18.5 Å². The minimum atomic E-state index is -0.170. The van der Waals surface area contributed by atoms with Gasteiger partial charge in [-0.05, 0) is 43.0 Å². The van der Waals surface area contributed by atoms with E-state index in [2.05, 4.69) is 19.8 Å². The number of rotatable bonds is 5. The average molecular weight is 312 g/mol. The molecule has 1 saturated heterocycles. The Morgan fingerprint density at radius 3 is 2.61 bits per heavy atom. The van der Waals surface area contributed by atoms with Crippen molar-refractivity contribution in [3.8, 4) is 0 Å². The lowest BCUT2D eigenvalue weighted by molar-refractivity contribution is 0.324. The maximum atomic E-state index is 13.0. The first-order valence-corrected chi connectivity index (χ1v) is 8.31. The molecule has 4 rings (SSSR count). The summed E-state index contributed by atoms with van der Waals surface area (Å²) in [5.41, 5.74) is 1.17. The Bertz CT molecular complexity index is 642. The molecule has 0 radical (unpaired) electrons. The molecule has 0 amide bonds. The van der Waals surface area contributed by atoms with Gasteiger partial charge in [0.05, 0.1) is 0 Å². The van der Waals surface area contributed by atoms with Crippen molar-refractivity contribution >= 4 is 5.82 Å². The molecule has 1 unspecified atom stereocenters. The predicted octanol–water partition coefficient (Wildman–Crippen LogP) is 2.86. The van der Waals surface area contributed by atoms with Crippen LogP contribution in [0.2, 0.25) is 0 Å². The molecule has 2 aromatic rings. The van der Waals surface area contributed by atoms with Gasteiger partial charge in [0.15, 0.2) is 0 Å². The summed E-state index contributed by atoms with van der Waals surface area (Å²) >= 11 is 0. The normalized spacial score (nSPS) is 21.5. The first-order chi connectivity index (χ1) is 11.3. The Hall–Kier alpha value is -2.01. The van der Waals surface area contributed by atoms with Crippen LogP contribution in [0.15, 0.2) is 42.9 Å². The van der Waals surface area contributed by atoms with Crippen LogP contribution < -0.4 is 4.90 Å². The van der Waals surface area contributed by atoms with Crippen LogP contribution in [0.25, 0.3) is 0 Å². The lowest BCUT2D eigenvalue weighted by atomic mass is 10.2. The van der Waals surface area contributed by atoms with Crippen LogP contribution in [0.4, 0.5) is 10.2 Å². The largest absolute Gasteiger partial charge is 0.349 e. The first-order valence-electron chi connectivity index (χ1n) is 8.31. The summed E-state index contributed by atoms with van der Waals surface area (Å²) in [6.45, 7) is 3.01. The van der Waals surface area contributed by atoms with Gasteiger partial charge in [-0.2, -0.15) is 0 Å². The van der Waals surface area contributed by atoms with E-state index in [0.717, 1.165) is 31.9 Å². The molecule has 0 spiro atoms. The number of benzene rings is 1. The van der Waals surface area contributed by atoms with Gasteiger partial charge in [0.2, 0.25) is 0 Å². The molecule has 23 heavy (non-hydrogen) atoms. The van der Waals surface area contributed by atoms with E-state index in [-0.39, 0.29) is 5.82 Å². The summed E-state index contributed by atoms with van der Waals surface area (Å²) in [5.74, 6) is 0.882. The van der Waals surface area contributed by atoms with Crippen LogP contribution in [-0.2, 0) is 6.54 Å². The van der Waals surface area contributed by atoms with Gasteiger partial charge >= 0.3 is 0 Å². The number of hydrogen-bond acceptors (Lipinski definition) is 4. The quantitative estimate of drug-likeness (QED) is 0.850. The van der Waals surface area contributed by atoms with Gasteiger partial charge in [-0.15, -0.1) is 0 Å². The van der Waals surface area contributed by atoms with Crippen LogP contribution in [-0.4, -0.2) is 40.0 Å². The number of anilines is 1. The maximum absolute atomic E-state index is 13.0. The summed E-state index contributed by atoms with van der Waals surface area (Å²) in [4.78, 5) is 13.4. The Labute approximate surface area is 136 Å². The molecule has 5 heteroatoms. The van der Waals surface area contributed by atoms with Gasteiger partial charge < -0.3 is 4.90 Å². The number of likely N-dealkylation sites (tertiary alicyclic amines) is 1. The van der Waals surface area contributed by atoms with E-state index in [4.69, 9.17) is 0 Å². The van der Waals surface area contributed by atoms with Crippen molar-refractivity contribution in [1.29, 1.82) is 0 Å². The zero-order valence-corrected chi connectivity index (χ0v) is 13.1. The van der Waals surface area contributed by atoms with Gasteiger partial charge in [0.25, 0.3) is 0 Å². The fourth-order valence-corrected chi connectivity index (χ4v) is 3.49. The average Bonchev–Trinajstić information content (AvgIpc) is 3.30. The minimum absolute atomic E-state index is 0.170. The molecule has 1 aromatic carbocycles. The Balaban J connectivity index is 1.43. The van der Waals surface area contributed by atoms with Crippen molar-refractivity contribution in [2.45, 2.75) is 37.9 Å². The predicted molar refractivity (Wildman–Crippen MR) is 87.6 cm³/mol. The second-order valence-electron chi connectivity index (χ2n) is 6.51. The molecule has 1 saturated carbocycles. The van der Waals surface area contributed by atoms with Crippen molar-refractivity contribution < 1.29 is 4.39 Å². The molecule has 0 bridgehead atoms.